The van der Waals surface area contributed by atoms with Crippen LogP contribution in [-0.4, -0.2) is 34.9 Å². The molecule has 1 N–H and O–H groups in total. The van der Waals surface area contributed by atoms with Gasteiger partial charge in [0.05, 0.1) is 24.4 Å². The third-order valence-corrected chi connectivity index (χ3v) is 3.83. The average molecular weight is 320 g/mol. The number of fused-ring (bicyclic) bond motifs is 1. The molecule has 6 heteroatoms. The van der Waals surface area contributed by atoms with Crippen LogP contribution in [0.1, 0.15) is 30.4 Å². The fourth-order valence-electron chi connectivity index (χ4n) is 2.42. The summed E-state index contributed by atoms with van der Waals surface area (Å²) >= 11 is 5.91. The molecule has 0 saturated carbocycles. The van der Waals surface area contributed by atoms with Crippen LogP contribution >= 0.6 is 11.6 Å². The molecular formula is C16H18ClN3O2. The van der Waals surface area contributed by atoms with Crippen molar-refractivity contribution in [2.45, 2.75) is 26.0 Å². The molecule has 0 radical (unpaired) electrons. The lowest BCUT2D eigenvalue weighted by molar-refractivity contribution is 0.0460. The number of halogens is 1. The van der Waals surface area contributed by atoms with Crippen molar-refractivity contribution in [3.63, 3.8) is 0 Å². The van der Waals surface area contributed by atoms with Gasteiger partial charge in [0, 0.05) is 17.1 Å². The van der Waals surface area contributed by atoms with Crippen molar-refractivity contribution in [1.82, 2.24) is 15.1 Å². The normalized spacial score (nSPS) is 17.5. The quantitative estimate of drug-likeness (QED) is 0.942. The maximum absolute atomic E-state index is 12.0. The van der Waals surface area contributed by atoms with Crippen LogP contribution in [0.2, 0.25) is 5.02 Å². The van der Waals surface area contributed by atoms with Crippen LogP contribution in [-0.2, 0) is 4.74 Å². The van der Waals surface area contributed by atoms with Crippen molar-refractivity contribution in [2.24, 2.45) is 0 Å². The number of aromatic nitrogens is 2. The predicted molar refractivity (Wildman–Crippen MR) is 85.1 cm³/mol. The summed E-state index contributed by atoms with van der Waals surface area (Å²) in [5.41, 5.74) is 2.26. The van der Waals surface area contributed by atoms with Gasteiger partial charge in [-0.25, -0.2) is 0 Å². The van der Waals surface area contributed by atoms with Gasteiger partial charge in [0.1, 0.15) is 5.69 Å². The van der Waals surface area contributed by atoms with Gasteiger partial charge in [-0.3, -0.25) is 9.48 Å². The highest BCUT2D eigenvalue weighted by atomic mass is 35.5. The van der Waals surface area contributed by atoms with Gasteiger partial charge in [-0.2, -0.15) is 5.10 Å². The smallest absolute Gasteiger partial charge is 0.269 e. The number of benzene rings is 1. The number of amides is 1. The zero-order valence-electron chi connectivity index (χ0n) is 12.5. The summed E-state index contributed by atoms with van der Waals surface area (Å²) in [6.45, 7) is 5.03. The molecule has 1 unspecified atom stereocenters. The number of nitrogens with one attached hydrogen (secondary N) is 1. The fourth-order valence-corrected chi connectivity index (χ4v) is 2.55. The molecule has 3 rings (SSSR count). The van der Waals surface area contributed by atoms with Gasteiger partial charge in [0.2, 0.25) is 0 Å². The Labute approximate surface area is 134 Å². The Morgan fingerprint density at radius 2 is 2.14 bits per heavy atom. The highest BCUT2D eigenvalue weighted by molar-refractivity contribution is 6.30. The van der Waals surface area contributed by atoms with E-state index in [0.29, 0.717) is 23.9 Å². The lowest BCUT2D eigenvalue weighted by Gasteiger charge is -2.25. The van der Waals surface area contributed by atoms with Gasteiger partial charge in [0.25, 0.3) is 5.91 Å². The molecule has 1 aromatic carbocycles. The lowest BCUT2D eigenvalue weighted by atomic mass is 10.1. The van der Waals surface area contributed by atoms with Crippen LogP contribution in [0.3, 0.4) is 0 Å². The second-order valence-corrected chi connectivity index (χ2v) is 6.05. The maximum atomic E-state index is 12.0. The van der Waals surface area contributed by atoms with E-state index in [9.17, 15) is 4.79 Å². The number of carbonyl (C=O) groups excluding carboxylic acids is 1. The molecule has 0 aliphatic carbocycles. The molecule has 0 bridgehead atoms. The summed E-state index contributed by atoms with van der Waals surface area (Å²) in [6, 6.07) is 9.24. The molecule has 1 amide bonds. The molecule has 2 aromatic rings. The van der Waals surface area contributed by atoms with E-state index in [2.05, 4.69) is 10.4 Å². The second-order valence-electron chi connectivity index (χ2n) is 5.61. The number of ether oxygens (including phenoxy) is 1. The molecule has 0 fully saturated rings. The van der Waals surface area contributed by atoms with Crippen LogP contribution in [0, 0.1) is 0 Å². The largest absolute Gasteiger partial charge is 0.377 e. The van der Waals surface area contributed by atoms with Gasteiger partial charge >= 0.3 is 0 Å². The molecule has 5 nitrogen and oxygen atoms in total. The summed E-state index contributed by atoms with van der Waals surface area (Å²) < 4.78 is 7.44. The highest BCUT2D eigenvalue weighted by Gasteiger charge is 2.27. The molecule has 1 atom stereocenters. The highest BCUT2D eigenvalue weighted by Crippen LogP contribution is 2.25. The first-order valence-electron chi connectivity index (χ1n) is 7.30. The third-order valence-electron chi connectivity index (χ3n) is 3.57. The van der Waals surface area contributed by atoms with Crippen molar-refractivity contribution in [3.05, 3.63) is 41.0 Å². The fraction of sp³-hybridized carbons (Fsp3) is 0.375. The Hall–Kier alpha value is -1.85. The number of nitrogens with zero attached hydrogens (tertiary/aromatic N) is 2. The van der Waals surface area contributed by atoms with Gasteiger partial charge < -0.3 is 10.1 Å². The van der Waals surface area contributed by atoms with E-state index in [-0.39, 0.29) is 18.1 Å². The molecule has 0 spiro atoms. The van der Waals surface area contributed by atoms with Crippen molar-refractivity contribution in [1.29, 1.82) is 0 Å². The minimum atomic E-state index is -0.103. The molecule has 1 aromatic heterocycles. The summed E-state index contributed by atoms with van der Waals surface area (Å²) in [5.74, 6) is -0.103. The Bertz CT molecular complexity index is 679. The standard InChI is InChI=1S/C16H18ClN3O2/c1-10(2)22-9-13-8-18-16(21)15-7-14(19-20(13)15)11-3-5-12(17)6-4-11/h3-7,10,13H,8-9H2,1-2H3,(H,18,21). The molecule has 2 heterocycles. The molecular weight excluding hydrogens is 302 g/mol. The van der Waals surface area contributed by atoms with E-state index in [1.165, 1.54) is 0 Å². The minimum Gasteiger partial charge on any atom is -0.377 e. The zero-order valence-corrected chi connectivity index (χ0v) is 13.3. The summed E-state index contributed by atoms with van der Waals surface area (Å²) in [5, 5.41) is 8.15. The van der Waals surface area contributed by atoms with E-state index < -0.39 is 0 Å². The Kier molecular flexibility index (Phi) is 4.18. The van der Waals surface area contributed by atoms with E-state index in [4.69, 9.17) is 16.3 Å². The number of hydrogen-bond acceptors (Lipinski definition) is 3. The lowest BCUT2D eigenvalue weighted by Crippen LogP contribution is -2.41. The van der Waals surface area contributed by atoms with Crippen molar-refractivity contribution >= 4 is 17.5 Å². The Balaban J connectivity index is 1.92. The van der Waals surface area contributed by atoms with Gasteiger partial charge in [-0.15, -0.1) is 0 Å². The van der Waals surface area contributed by atoms with E-state index in [0.717, 1.165) is 11.3 Å². The maximum Gasteiger partial charge on any atom is 0.269 e. The first-order valence-corrected chi connectivity index (χ1v) is 7.67. The molecule has 1 aliphatic rings. The van der Waals surface area contributed by atoms with Crippen LogP contribution in [0.25, 0.3) is 11.3 Å². The summed E-state index contributed by atoms with van der Waals surface area (Å²) in [6.07, 6.45) is 0.146. The number of rotatable bonds is 4. The third kappa shape index (κ3) is 3.00. The van der Waals surface area contributed by atoms with E-state index >= 15 is 0 Å². The first kappa shape index (κ1) is 15.1. The van der Waals surface area contributed by atoms with Crippen LogP contribution < -0.4 is 5.32 Å². The topological polar surface area (TPSA) is 56.1 Å². The first-order chi connectivity index (χ1) is 10.5. The summed E-state index contributed by atoms with van der Waals surface area (Å²) in [7, 11) is 0. The van der Waals surface area contributed by atoms with Crippen LogP contribution in [0.4, 0.5) is 0 Å². The Morgan fingerprint density at radius 3 is 2.82 bits per heavy atom. The van der Waals surface area contributed by atoms with Gasteiger partial charge in [-0.05, 0) is 32.0 Å². The molecule has 116 valence electrons. The van der Waals surface area contributed by atoms with E-state index in [1.807, 2.05) is 38.1 Å². The van der Waals surface area contributed by atoms with Gasteiger partial charge in [0.15, 0.2) is 0 Å². The molecule has 1 aliphatic heterocycles. The number of hydrogen-bond donors (Lipinski definition) is 1. The van der Waals surface area contributed by atoms with E-state index in [1.54, 1.807) is 10.7 Å². The van der Waals surface area contributed by atoms with Crippen molar-refractivity contribution in [3.8, 4) is 11.3 Å². The number of carbonyl (C=O) groups is 1. The zero-order chi connectivity index (χ0) is 15.7. The average Bonchev–Trinajstić information content (AvgIpc) is 2.93. The van der Waals surface area contributed by atoms with Crippen molar-refractivity contribution in [2.75, 3.05) is 13.2 Å². The monoisotopic (exact) mass is 319 g/mol. The molecule has 0 saturated heterocycles. The van der Waals surface area contributed by atoms with Crippen LogP contribution in [0.5, 0.6) is 0 Å². The van der Waals surface area contributed by atoms with Crippen LogP contribution in [0.15, 0.2) is 30.3 Å². The van der Waals surface area contributed by atoms with Gasteiger partial charge in [-0.1, -0.05) is 23.7 Å². The second kappa shape index (κ2) is 6.10. The SMILES string of the molecule is CC(C)OCC1CNC(=O)c2cc(-c3ccc(Cl)cc3)nn21. The minimum absolute atomic E-state index is 0.0103. The summed E-state index contributed by atoms with van der Waals surface area (Å²) in [4.78, 5) is 12.0. The predicted octanol–water partition coefficient (Wildman–Crippen LogP) is 2.91. The Morgan fingerprint density at radius 1 is 1.41 bits per heavy atom. The molecule has 22 heavy (non-hydrogen) atoms. The van der Waals surface area contributed by atoms with Crippen molar-refractivity contribution < 1.29 is 9.53 Å².